The fourth-order valence-electron chi connectivity index (χ4n) is 2.78. The molecule has 0 radical (unpaired) electrons. The van der Waals surface area contributed by atoms with E-state index in [0.29, 0.717) is 12.1 Å². The summed E-state index contributed by atoms with van der Waals surface area (Å²) in [5.74, 6) is -0.975. The zero-order chi connectivity index (χ0) is 15.0. The van der Waals surface area contributed by atoms with Crippen molar-refractivity contribution >= 4 is 17.0 Å². The Morgan fingerprint density at radius 3 is 2.62 bits per heavy atom. The van der Waals surface area contributed by atoms with Gasteiger partial charge in [-0.05, 0) is 19.8 Å². The first-order chi connectivity index (χ1) is 10.0. The van der Waals surface area contributed by atoms with Gasteiger partial charge in [-0.15, -0.1) is 0 Å². The Bertz CT molecular complexity index is 643. The lowest BCUT2D eigenvalue weighted by molar-refractivity contribution is -0.144. The topological polar surface area (TPSA) is 55.6 Å². The minimum atomic E-state index is -4.57. The van der Waals surface area contributed by atoms with Crippen LogP contribution in [-0.4, -0.2) is 26.1 Å². The third-order valence-corrected chi connectivity index (χ3v) is 3.74. The number of imidazole rings is 1. The first kappa shape index (κ1) is 14.1. The van der Waals surface area contributed by atoms with Gasteiger partial charge in [0.1, 0.15) is 5.52 Å². The highest BCUT2D eigenvalue weighted by Gasteiger charge is 2.36. The van der Waals surface area contributed by atoms with Crippen molar-refractivity contribution in [3.63, 3.8) is 0 Å². The summed E-state index contributed by atoms with van der Waals surface area (Å²) >= 11 is 0. The normalized spacial score (nSPS) is 16.8. The minimum Gasteiger partial charge on any atom is -0.368 e. The van der Waals surface area contributed by atoms with Crippen LogP contribution in [0, 0.1) is 0 Å². The highest BCUT2D eigenvalue weighted by molar-refractivity contribution is 5.83. The number of halogens is 3. The standard InChI is InChI=1S/C13H16F3N5/c1-2-17-10-9-11(20-12(19-10)13(14,15)16)21(7-18-9)8-5-3-4-6-8/h7-8H,2-6H2,1H3,(H,17,19,20). The van der Waals surface area contributed by atoms with Crippen molar-refractivity contribution in [2.24, 2.45) is 0 Å². The molecule has 2 aromatic heterocycles. The zero-order valence-electron chi connectivity index (χ0n) is 11.6. The first-order valence-corrected chi connectivity index (χ1v) is 7.06. The van der Waals surface area contributed by atoms with Gasteiger partial charge in [-0.2, -0.15) is 13.2 Å². The van der Waals surface area contributed by atoms with Crippen LogP contribution in [0.3, 0.4) is 0 Å². The smallest absolute Gasteiger partial charge is 0.368 e. The number of aromatic nitrogens is 4. The molecule has 1 aliphatic carbocycles. The molecule has 8 heteroatoms. The van der Waals surface area contributed by atoms with Gasteiger partial charge >= 0.3 is 6.18 Å². The van der Waals surface area contributed by atoms with E-state index in [0.717, 1.165) is 25.7 Å². The van der Waals surface area contributed by atoms with Crippen LogP contribution in [0.25, 0.3) is 11.2 Å². The molecule has 0 aromatic carbocycles. The van der Waals surface area contributed by atoms with E-state index in [-0.39, 0.29) is 17.5 Å². The molecule has 1 N–H and O–H groups in total. The Morgan fingerprint density at radius 1 is 1.29 bits per heavy atom. The molecule has 21 heavy (non-hydrogen) atoms. The zero-order valence-corrected chi connectivity index (χ0v) is 11.6. The van der Waals surface area contributed by atoms with Crippen LogP contribution >= 0.6 is 0 Å². The Balaban J connectivity index is 2.16. The molecule has 2 heterocycles. The second-order valence-corrected chi connectivity index (χ2v) is 5.19. The van der Waals surface area contributed by atoms with Gasteiger partial charge in [-0.25, -0.2) is 15.0 Å². The Morgan fingerprint density at radius 2 is 2.00 bits per heavy atom. The van der Waals surface area contributed by atoms with Crippen LogP contribution in [0.4, 0.5) is 19.0 Å². The van der Waals surface area contributed by atoms with Crippen molar-refractivity contribution in [3.8, 4) is 0 Å². The lowest BCUT2D eigenvalue weighted by Crippen LogP contribution is -2.15. The summed E-state index contributed by atoms with van der Waals surface area (Å²) in [6, 6.07) is 0.181. The van der Waals surface area contributed by atoms with E-state index in [4.69, 9.17) is 0 Å². The summed E-state index contributed by atoms with van der Waals surface area (Å²) < 4.78 is 40.7. The SMILES string of the molecule is CCNc1nc(C(F)(F)F)nc2c1ncn2C1CCCC1. The number of nitrogens with zero attached hydrogens (tertiary/aromatic N) is 4. The highest BCUT2D eigenvalue weighted by Crippen LogP contribution is 2.34. The lowest BCUT2D eigenvalue weighted by Gasteiger charge is -2.13. The van der Waals surface area contributed by atoms with Gasteiger partial charge in [0.15, 0.2) is 11.5 Å². The van der Waals surface area contributed by atoms with Gasteiger partial charge in [0.05, 0.1) is 6.33 Å². The number of rotatable bonds is 3. The maximum atomic E-state index is 13.0. The van der Waals surface area contributed by atoms with E-state index in [2.05, 4.69) is 20.3 Å². The third kappa shape index (κ3) is 2.54. The molecule has 2 aromatic rings. The maximum absolute atomic E-state index is 13.0. The van der Waals surface area contributed by atoms with Crippen molar-refractivity contribution in [3.05, 3.63) is 12.2 Å². The van der Waals surface area contributed by atoms with Crippen LogP contribution < -0.4 is 5.32 Å². The largest absolute Gasteiger partial charge is 0.451 e. The first-order valence-electron chi connectivity index (χ1n) is 7.06. The molecule has 0 aliphatic heterocycles. The molecule has 0 bridgehead atoms. The summed E-state index contributed by atoms with van der Waals surface area (Å²) in [6.45, 7) is 2.27. The highest BCUT2D eigenvalue weighted by atomic mass is 19.4. The molecular weight excluding hydrogens is 283 g/mol. The molecule has 0 spiro atoms. The van der Waals surface area contributed by atoms with Crippen LogP contribution in [-0.2, 0) is 6.18 Å². The molecular formula is C13H16F3N5. The number of nitrogens with one attached hydrogen (secondary N) is 1. The summed E-state index contributed by atoms with van der Waals surface area (Å²) in [5, 5.41) is 2.84. The monoisotopic (exact) mass is 299 g/mol. The van der Waals surface area contributed by atoms with Gasteiger partial charge in [-0.1, -0.05) is 12.8 Å². The van der Waals surface area contributed by atoms with Crippen molar-refractivity contribution < 1.29 is 13.2 Å². The van der Waals surface area contributed by atoms with E-state index < -0.39 is 12.0 Å². The predicted molar refractivity (Wildman–Crippen MR) is 72.0 cm³/mol. The number of anilines is 1. The molecule has 1 fully saturated rings. The fraction of sp³-hybridized carbons (Fsp3) is 0.615. The number of fused-ring (bicyclic) bond motifs is 1. The molecule has 0 atom stereocenters. The van der Waals surface area contributed by atoms with Crippen LogP contribution in [0.15, 0.2) is 6.33 Å². The molecule has 5 nitrogen and oxygen atoms in total. The van der Waals surface area contributed by atoms with E-state index in [1.807, 2.05) is 0 Å². The molecule has 1 aliphatic rings. The van der Waals surface area contributed by atoms with Crippen molar-refractivity contribution in [2.45, 2.75) is 44.8 Å². The molecule has 3 rings (SSSR count). The average molecular weight is 299 g/mol. The minimum absolute atomic E-state index is 0.145. The fourth-order valence-corrected chi connectivity index (χ4v) is 2.78. The summed E-state index contributed by atoms with van der Waals surface area (Å²) in [7, 11) is 0. The van der Waals surface area contributed by atoms with Gasteiger partial charge < -0.3 is 9.88 Å². The van der Waals surface area contributed by atoms with Crippen LogP contribution in [0.5, 0.6) is 0 Å². The Hall–Kier alpha value is -1.86. The average Bonchev–Trinajstić information content (AvgIpc) is 3.06. The van der Waals surface area contributed by atoms with E-state index in [9.17, 15) is 13.2 Å². The molecule has 0 saturated heterocycles. The van der Waals surface area contributed by atoms with E-state index in [1.165, 1.54) is 0 Å². The quantitative estimate of drug-likeness (QED) is 0.944. The van der Waals surface area contributed by atoms with Gasteiger partial charge in [0.2, 0.25) is 5.82 Å². The lowest BCUT2D eigenvalue weighted by atomic mass is 10.2. The Kier molecular flexibility index (Phi) is 3.46. The maximum Gasteiger partial charge on any atom is 0.451 e. The van der Waals surface area contributed by atoms with Crippen molar-refractivity contribution in [1.82, 2.24) is 19.5 Å². The second-order valence-electron chi connectivity index (χ2n) is 5.19. The van der Waals surface area contributed by atoms with Crippen LogP contribution in [0.1, 0.15) is 44.5 Å². The third-order valence-electron chi connectivity index (χ3n) is 3.74. The van der Waals surface area contributed by atoms with Crippen molar-refractivity contribution in [2.75, 3.05) is 11.9 Å². The van der Waals surface area contributed by atoms with Crippen LogP contribution in [0.2, 0.25) is 0 Å². The van der Waals surface area contributed by atoms with Gasteiger partial charge in [0, 0.05) is 12.6 Å². The predicted octanol–water partition coefficient (Wildman–Crippen LogP) is 3.39. The number of alkyl halides is 3. The summed E-state index contributed by atoms with van der Waals surface area (Å²) in [5.41, 5.74) is 0.664. The Labute approximate surface area is 119 Å². The summed E-state index contributed by atoms with van der Waals surface area (Å²) in [4.78, 5) is 11.5. The molecule has 0 amide bonds. The molecule has 1 saturated carbocycles. The molecule has 114 valence electrons. The van der Waals surface area contributed by atoms with Gasteiger partial charge in [0.25, 0.3) is 0 Å². The van der Waals surface area contributed by atoms with Crippen molar-refractivity contribution in [1.29, 1.82) is 0 Å². The number of hydrogen-bond acceptors (Lipinski definition) is 4. The van der Waals surface area contributed by atoms with Gasteiger partial charge in [-0.3, -0.25) is 0 Å². The second kappa shape index (κ2) is 5.16. The molecule has 0 unspecified atom stereocenters. The van der Waals surface area contributed by atoms with E-state index >= 15 is 0 Å². The number of hydrogen-bond donors (Lipinski definition) is 1. The summed E-state index contributed by atoms with van der Waals surface area (Å²) in [6.07, 6.45) is 1.09. The van der Waals surface area contributed by atoms with E-state index in [1.54, 1.807) is 17.8 Å².